The van der Waals surface area contributed by atoms with Gasteiger partial charge in [-0.25, -0.2) is 0 Å². The van der Waals surface area contributed by atoms with Crippen molar-refractivity contribution >= 4 is 17.3 Å². The first kappa shape index (κ1) is 20.3. The van der Waals surface area contributed by atoms with Gasteiger partial charge in [0.1, 0.15) is 5.75 Å². The molecule has 0 aliphatic carbocycles. The van der Waals surface area contributed by atoms with Crippen LogP contribution in [0.1, 0.15) is 42.8 Å². The molecule has 144 valence electrons. The van der Waals surface area contributed by atoms with Gasteiger partial charge >= 0.3 is 0 Å². The zero-order chi connectivity index (χ0) is 20.2. The first-order valence-corrected chi connectivity index (χ1v) is 8.38. The number of phenols is 1. The molecule has 0 saturated carbocycles. The molecule has 27 heavy (non-hydrogen) atoms. The Balaban J connectivity index is 2.17. The van der Waals surface area contributed by atoms with E-state index in [1.54, 1.807) is 6.07 Å². The number of nitro benzene ring substituents is 1. The van der Waals surface area contributed by atoms with Crippen molar-refractivity contribution in [3.05, 3.63) is 63.7 Å². The summed E-state index contributed by atoms with van der Waals surface area (Å²) in [6.07, 6.45) is -0.835. The van der Waals surface area contributed by atoms with E-state index in [0.717, 1.165) is 6.07 Å². The molecule has 8 nitrogen and oxygen atoms in total. The third kappa shape index (κ3) is 5.77. The van der Waals surface area contributed by atoms with Gasteiger partial charge in [-0.15, -0.1) is 0 Å². The van der Waals surface area contributed by atoms with Gasteiger partial charge < -0.3 is 20.8 Å². The number of hydrogen-bond donors (Lipinski definition) is 4. The summed E-state index contributed by atoms with van der Waals surface area (Å²) < 4.78 is 0. The summed E-state index contributed by atoms with van der Waals surface area (Å²) in [5.74, 6) is -0.776. The number of nitrogens with zero attached hydrogens (tertiary/aromatic N) is 1. The Morgan fingerprint density at radius 1 is 1.22 bits per heavy atom. The number of hydrogen-bond acceptors (Lipinski definition) is 6. The minimum Gasteiger partial charge on any atom is -0.506 e. The summed E-state index contributed by atoms with van der Waals surface area (Å²) in [5, 5.41) is 36.8. The maximum Gasteiger partial charge on any atom is 0.270 e. The van der Waals surface area contributed by atoms with Gasteiger partial charge in [0.2, 0.25) is 0 Å². The van der Waals surface area contributed by atoms with Crippen molar-refractivity contribution in [3.8, 4) is 5.75 Å². The second kappa shape index (κ2) is 8.15. The first-order chi connectivity index (χ1) is 12.6. The van der Waals surface area contributed by atoms with E-state index in [2.05, 4.69) is 10.6 Å². The maximum absolute atomic E-state index is 12.4. The standard InChI is InChI=1S/C19H23N3O5/c1-19(2,3)20-11-17(24)12-7-8-16(23)15(10-12)21-18(25)13-5-4-6-14(9-13)22(26)27/h4-10,17,20,23-24H,11H2,1-3H3,(H,21,25). The topological polar surface area (TPSA) is 125 Å². The Labute approximate surface area is 157 Å². The third-order valence-corrected chi connectivity index (χ3v) is 3.80. The monoisotopic (exact) mass is 373 g/mol. The van der Waals surface area contributed by atoms with Crippen molar-refractivity contribution in [1.29, 1.82) is 0 Å². The van der Waals surface area contributed by atoms with Gasteiger partial charge in [0.15, 0.2) is 0 Å². The maximum atomic E-state index is 12.4. The Bertz CT molecular complexity index is 845. The minimum atomic E-state index is -0.835. The summed E-state index contributed by atoms with van der Waals surface area (Å²) in [5.41, 5.74) is 0.336. The first-order valence-electron chi connectivity index (χ1n) is 8.38. The second-order valence-electron chi connectivity index (χ2n) is 7.18. The van der Waals surface area contributed by atoms with Crippen LogP contribution < -0.4 is 10.6 Å². The Morgan fingerprint density at radius 2 is 1.93 bits per heavy atom. The smallest absolute Gasteiger partial charge is 0.270 e. The fourth-order valence-electron chi connectivity index (χ4n) is 2.34. The van der Waals surface area contributed by atoms with Gasteiger partial charge in [-0.3, -0.25) is 14.9 Å². The second-order valence-corrected chi connectivity index (χ2v) is 7.18. The molecule has 0 radical (unpaired) electrons. The van der Waals surface area contributed by atoms with Gasteiger partial charge in [0.25, 0.3) is 11.6 Å². The molecule has 1 amide bonds. The van der Waals surface area contributed by atoms with E-state index in [9.17, 15) is 25.1 Å². The molecule has 8 heteroatoms. The molecule has 0 aliphatic heterocycles. The highest BCUT2D eigenvalue weighted by Gasteiger charge is 2.17. The van der Waals surface area contributed by atoms with E-state index in [1.165, 1.54) is 30.3 Å². The van der Waals surface area contributed by atoms with Gasteiger partial charge in [0.05, 0.1) is 16.7 Å². The number of phenolic OH excluding ortho intramolecular Hbond substituents is 1. The van der Waals surface area contributed by atoms with Crippen LogP contribution in [-0.4, -0.2) is 33.1 Å². The average Bonchev–Trinajstić information content (AvgIpc) is 2.61. The van der Waals surface area contributed by atoms with Crippen LogP contribution >= 0.6 is 0 Å². The number of carbonyl (C=O) groups is 1. The van der Waals surface area contributed by atoms with Gasteiger partial charge in [-0.05, 0) is 44.5 Å². The number of carbonyl (C=O) groups excluding carboxylic acids is 1. The summed E-state index contributed by atoms with van der Waals surface area (Å²) in [4.78, 5) is 22.6. The number of nitrogens with one attached hydrogen (secondary N) is 2. The number of benzene rings is 2. The van der Waals surface area contributed by atoms with Crippen molar-refractivity contribution in [2.45, 2.75) is 32.4 Å². The molecule has 0 heterocycles. The van der Waals surface area contributed by atoms with Crippen molar-refractivity contribution in [2.24, 2.45) is 0 Å². The van der Waals surface area contributed by atoms with E-state index in [1.807, 2.05) is 20.8 Å². The van der Waals surface area contributed by atoms with Gasteiger partial charge in [-0.1, -0.05) is 12.1 Å². The molecule has 2 aromatic rings. The zero-order valence-electron chi connectivity index (χ0n) is 15.4. The number of anilines is 1. The molecule has 1 atom stereocenters. The SMILES string of the molecule is CC(C)(C)NCC(O)c1ccc(O)c(NC(=O)c2cccc([N+](=O)[O-])c2)c1. The molecule has 1 unspecified atom stereocenters. The predicted octanol–water partition coefficient (Wildman–Crippen LogP) is 2.97. The van der Waals surface area contributed by atoms with Crippen LogP contribution in [0, 0.1) is 10.1 Å². The molecular formula is C19H23N3O5. The zero-order valence-corrected chi connectivity index (χ0v) is 15.4. The number of rotatable bonds is 6. The molecule has 2 rings (SSSR count). The fraction of sp³-hybridized carbons (Fsp3) is 0.316. The van der Waals surface area contributed by atoms with E-state index >= 15 is 0 Å². The summed E-state index contributed by atoms with van der Waals surface area (Å²) >= 11 is 0. The molecule has 0 aliphatic rings. The lowest BCUT2D eigenvalue weighted by atomic mass is 10.0. The lowest BCUT2D eigenvalue weighted by Gasteiger charge is -2.23. The van der Waals surface area contributed by atoms with Crippen LogP contribution in [0.2, 0.25) is 0 Å². The summed E-state index contributed by atoms with van der Waals surface area (Å²) in [6.45, 7) is 6.22. The normalized spacial score (nSPS) is 12.4. The highest BCUT2D eigenvalue weighted by Crippen LogP contribution is 2.28. The van der Waals surface area contributed by atoms with E-state index in [-0.39, 0.29) is 28.2 Å². The van der Waals surface area contributed by atoms with Crippen molar-refractivity contribution in [3.63, 3.8) is 0 Å². The highest BCUT2D eigenvalue weighted by molar-refractivity contribution is 6.05. The third-order valence-electron chi connectivity index (χ3n) is 3.80. The Kier molecular flexibility index (Phi) is 6.14. The number of β-amino-alcohol motifs (C(OH)–C–C–N with tert-alkyl or cyclic N) is 1. The van der Waals surface area contributed by atoms with Crippen molar-refractivity contribution in [1.82, 2.24) is 5.32 Å². The van der Waals surface area contributed by atoms with Crippen molar-refractivity contribution < 1.29 is 19.9 Å². The van der Waals surface area contributed by atoms with Crippen LogP contribution in [0.25, 0.3) is 0 Å². The molecule has 2 aromatic carbocycles. The molecule has 0 spiro atoms. The van der Waals surface area contributed by atoms with Crippen LogP contribution in [0.4, 0.5) is 11.4 Å². The number of aliphatic hydroxyl groups is 1. The molecule has 0 aromatic heterocycles. The quantitative estimate of drug-likeness (QED) is 0.350. The number of non-ortho nitro benzene ring substituents is 1. The number of amides is 1. The highest BCUT2D eigenvalue weighted by atomic mass is 16.6. The van der Waals surface area contributed by atoms with E-state index < -0.39 is 16.9 Å². The molecule has 0 fully saturated rings. The molecule has 0 saturated heterocycles. The summed E-state index contributed by atoms with van der Waals surface area (Å²) in [6, 6.07) is 9.69. The van der Waals surface area contributed by atoms with Crippen LogP contribution in [0.5, 0.6) is 5.75 Å². The largest absolute Gasteiger partial charge is 0.506 e. The number of aliphatic hydroxyl groups excluding tert-OH is 1. The lowest BCUT2D eigenvalue weighted by Crippen LogP contribution is -2.38. The van der Waals surface area contributed by atoms with Crippen LogP contribution in [-0.2, 0) is 0 Å². The fourth-order valence-corrected chi connectivity index (χ4v) is 2.34. The van der Waals surface area contributed by atoms with E-state index in [4.69, 9.17) is 0 Å². The Hall–Kier alpha value is -2.97. The molecule has 0 bridgehead atoms. The van der Waals surface area contributed by atoms with Gasteiger partial charge in [-0.2, -0.15) is 0 Å². The van der Waals surface area contributed by atoms with Crippen LogP contribution in [0.15, 0.2) is 42.5 Å². The number of nitro groups is 1. The molecular weight excluding hydrogens is 350 g/mol. The van der Waals surface area contributed by atoms with Gasteiger partial charge in [0, 0.05) is 29.8 Å². The van der Waals surface area contributed by atoms with Crippen molar-refractivity contribution in [2.75, 3.05) is 11.9 Å². The Morgan fingerprint density at radius 3 is 2.56 bits per heavy atom. The van der Waals surface area contributed by atoms with Crippen LogP contribution in [0.3, 0.4) is 0 Å². The lowest BCUT2D eigenvalue weighted by molar-refractivity contribution is -0.384. The molecule has 4 N–H and O–H groups in total. The average molecular weight is 373 g/mol. The minimum absolute atomic E-state index is 0.0870. The van der Waals surface area contributed by atoms with E-state index in [0.29, 0.717) is 12.1 Å². The predicted molar refractivity (Wildman–Crippen MR) is 102 cm³/mol. The summed E-state index contributed by atoms with van der Waals surface area (Å²) in [7, 11) is 0. The number of aromatic hydroxyl groups is 1.